The summed E-state index contributed by atoms with van der Waals surface area (Å²) >= 11 is 0. The van der Waals surface area contributed by atoms with E-state index in [4.69, 9.17) is 0 Å². The van der Waals surface area contributed by atoms with Crippen LogP contribution < -0.4 is 21.3 Å². The topological polar surface area (TPSA) is 177 Å². The molecule has 2 aliphatic heterocycles. The van der Waals surface area contributed by atoms with Crippen molar-refractivity contribution < 1.29 is 32.7 Å². The minimum atomic E-state index is -3.72. The average molecular weight is 691 g/mol. The number of carbonyl (C=O) groups excluding carboxylic acids is 4. The Kier molecular flexibility index (Phi) is 13.2. The van der Waals surface area contributed by atoms with Crippen molar-refractivity contribution >= 4 is 33.8 Å². The van der Waals surface area contributed by atoms with Crippen LogP contribution in [0.3, 0.4) is 0 Å². The van der Waals surface area contributed by atoms with Gasteiger partial charge in [0.25, 0.3) is 5.91 Å². The summed E-state index contributed by atoms with van der Waals surface area (Å²) in [5, 5.41) is 21.7. The zero-order valence-electron chi connectivity index (χ0n) is 29.3. The van der Waals surface area contributed by atoms with E-state index in [1.165, 1.54) is 15.3 Å². The fraction of sp³-hybridized carbons (Fsp3) is 0.647. The molecule has 13 nitrogen and oxygen atoms in total. The number of urea groups is 1. The molecule has 0 aromatic heterocycles. The highest BCUT2D eigenvalue weighted by atomic mass is 32.2. The fourth-order valence-electron chi connectivity index (χ4n) is 6.36. The Balaban J connectivity index is 1.71. The quantitative estimate of drug-likeness (QED) is 0.186. The fourth-order valence-corrected chi connectivity index (χ4v) is 8.00. The number of rotatable bonds is 14. The Hall–Kier alpha value is -3.49. The van der Waals surface area contributed by atoms with Crippen LogP contribution in [0.1, 0.15) is 73.3 Å². The molecule has 1 saturated heterocycles. The molecule has 0 bridgehead atoms. The molecule has 0 spiro atoms. The molecular formula is C34H54N6O7S. The molecular weight excluding hydrogens is 636 g/mol. The van der Waals surface area contributed by atoms with Gasteiger partial charge in [-0.05, 0) is 48.6 Å². The van der Waals surface area contributed by atoms with Crippen molar-refractivity contribution in [1.29, 1.82) is 0 Å². The number of aliphatic hydroxyl groups excluding tert-OH is 1. The predicted octanol–water partition coefficient (Wildman–Crippen LogP) is 2.11. The zero-order chi connectivity index (χ0) is 36.0. The number of nitrogens with zero attached hydrogens (tertiary/aromatic N) is 2. The summed E-state index contributed by atoms with van der Waals surface area (Å²) in [4.78, 5) is 55.1. The third-order valence-corrected chi connectivity index (χ3v) is 11.2. The second-order valence-corrected chi connectivity index (χ2v) is 16.1. The summed E-state index contributed by atoms with van der Waals surface area (Å²) in [6.07, 6.45) is 1.52. The Labute approximate surface area is 285 Å². The number of sulfonamides is 1. The molecule has 1 aromatic rings. The van der Waals surface area contributed by atoms with E-state index >= 15 is 0 Å². The molecule has 3 rings (SSSR count). The van der Waals surface area contributed by atoms with Crippen LogP contribution in [-0.2, 0) is 31.0 Å². The summed E-state index contributed by atoms with van der Waals surface area (Å²) in [6, 6.07) is 2.86. The molecule has 1 aromatic carbocycles. The standard InChI is InChI=1S/C34H54N6O7S/c1-9-13-25(29(41)31(43)35-17-10-2)37-30(42)28-24(21(3)4)16-18-40(28)32(44)22(5)36-33(45)38-27(34(6,7)8)20-39-19-23-14-11-12-15-26(23)48(39,46)47/h10-12,14-15,21-22,24-25,27-29,41H,2,9,13,16-20H2,1,3-8H3,(H,35,43)(H,37,42)(H2,36,38,45)/t22-,24?,25?,27+,28-,29?/m0/s1. The van der Waals surface area contributed by atoms with E-state index in [9.17, 15) is 32.7 Å². The summed E-state index contributed by atoms with van der Waals surface area (Å²) in [6.45, 7) is 17.3. The highest BCUT2D eigenvalue weighted by Gasteiger charge is 2.45. The van der Waals surface area contributed by atoms with Gasteiger partial charge in [0.1, 0.15) is 12.1 Å². The molecule has 48 heavy (non-hydrogen) atoms. The van der Waals surface area contributed by atoms with E-state index in [0.717, 1.165) is 0 Å². The van der Waals surface area contributed by atoms with Gasteiger partial charge >= 0.3 is 6.03 Å². The van der Waals surface area contributed by atoms with Crippen molar-refractivity contribution in [3.05, 3.63) is 42.5 Å². The summed E-state index contributed by atoms with van der Waals surface area (Å²) in [5.41, 5.74) is 0.170. The second kappa shape index (κ2) is 16.3. The van der Waals surface area contributed by atoms with E-state index in [-0.39, 0.29) is 36.4 Å². The largest absolute Gasteiger partial charge is 0.381 e. The molecule has 0 radical (unpaired) electrons. The molecule has 6 atom stereocenters. The Bertz CT molecular complexity index is 1440. The molecule has 0 aliphatic carbocycles. The first-order chi connectivity index (χ1) is 22.4. The van der Waals surface area contributed by atoms with Gasteiger partial charge < -0.3 is 31.3 Å². The third kappa shape index (κ3) is 9.14. The normalized spacial score (nSPS) is 21.5. The van der Waals surface area contributed by atoms with Crippen LogP contribution >= 0.6 is 0 Å². The lowest BCUT2D eigenvalue weighted by Gasteiger charge is -2.35. The Morgan fingerprint density at radius 2 is 1.75 bits per heavy atom. The first-order valence-electron chi connectivity index (χ1n) is 16.8. The van der Waals surface area contributed by atoms with Crippen LogP contribution in [0.5, 0.6) is 0 Å². The first-order valence-corrected chi connectivity index (χ1v) is 18.2. The number of aliphatic hydroxyl groups is 1. The lowest BCUT2D eigenvalue weighted by atomic mass is 9.86. The van der Waals surface area contributed by atoms with Crippen molar-refractivity contribution in [2.24, 2.45) is 17.3 Å². The molecule has 2 aliphatic rings. The Morgan fingerprint density at radius 3 is 2.33 bits per heavy atom. The SMILES string of the molecule is C=CCNC(=O)C(O)C(CCC)NC(=O)[C@@H]1C(C(C)C)CCN1C(=O)[C@H](C)NC(=O)N[C@H](CN1Cc2ccccc2S1(=O)=O)C(C)(C)C. The number of likely N-dealkylation sites (tertiary alicyclic amines) is 1. The lowest BCUT2D eigenvalue weighted by molar-refractivity contribution is -0.142. The van der Waals surface area contributed by atoms with E-state index in [1.54, 1.807) is 31.2 Å². The number of carbonyl (C=O) groups is 4. The molecule has 5 N–H and O–H groups in total. The van der Waals surface area contributed by atoms with Crippen LogP contribution in [0.2, 0.25) is 0 Å². The number of nitrogens with one attached hydrogen (secondary N) is 4. The van der Waals surface area contributed by atoms with Crippen molar-refractivity contribution in [2.75, 3.05) is 19.6 Å². The minimum absolute atomic E-state index is 0.0388. The van der Waals surface area contributed by atoms with Gasteiger partial charge in [-0.3, -0.25) is 14.4 Å². The van der Waals surface area contributed by atoms with Gasteiger partial charge in [-0.25, -0.2) is 13.2 Å². The number of fused-ring (bicyclic) bond motifs is 1. The van der Waals surface area contributed by atoms with Gasteiger partial charge in [-0.15, -0.1) is 6.58 Å². The maximum absolute atomic E-state index is 13.8. The van der Waals surface area contributed by atoms with Crippen LogP contribution in [-0.4, -0.2) is 96.4 Å². The monoisotopic (exact) mass is 690 g/mol. The molecule has 2 heterocycles. The Morgan fingerprint density at radius 1 is 1.08 bits per heavy atom. The van der Waals surface area contributed by atoms with E-state index in [0.29, 0.717) is 31.4 Å². The highest BCUT2D eigenvalue weighted by Crippen LogP contribution is 2.33. The van der Waals surface area contributed by atoms with Gasteiger partial charge in [0.2, 0.25) is 21.8 Å². The molecule has 0 saturated carbocycles. The van der Waals surface area contributed by atoms with Gasteiger partial charge in [0.05, 0.1) is 10.9 Å². The van der Waals surface area contributed by atoms with Gasteiger partial charge in [-0.1, -0.05) is 72.2 Å². The van der Waals surface area contributed by atoms with Crippen molar-refractivity contribution in [3.63, 3.8) is 0 Å². The lowest BCUT2D eigenvalue weighted by Crippen LogP contribution is -2.59. The van der Waals surface area contributed by atoms with E-state index in [1.807, 2.05) is 41.5 Å². The maximum Gasteiger partial charge on any atom is 0.315 e. The van der Waals surface area contributed by atoms with Crippen LogP contribution in [0.15, 0.2) is 41.8 Å². The number of hydrogen-bond acceptors (Lipinski definition) is 7. The molecule has 14 heteroatoms. The smallest absolute Gasteiger partial charge is 0.315 e. The summed E-state index contributed by atoms with van der Waals surface area (Å²) < 4.78 is 27.8. The summed E-state index contributed by atoms with van der Waals surface area (Å²) in [7, 11) is -3.72. The van der Waals surface area contributed by atoms with Gasteiger partial charge in [0, 0.05) is 32.2 Å². The minimum Gasteiger partial charge on any atom is -0.381 e. The molecule has 268 valence electrons. The van der Waals surface area contributed by atoms with E-state index < -0.39 is 69.5 Å². The number of amides is 5. The van der Waals surface area contributed by atoms with Crippen molar-refractivity contribution in [1.82, 2.24) is 30.5 Å². The molecule has 5 amide bonds. The summed E-state index contributed by atoms with van der Waals surface area (Å²) in [5.74, 6) is -1.67. The van der Waals surface area contributed by atoms with Crippen LogP contribution in [0, 0.1) is 17.3 Å². The zero-order valence-corrected chi connectivity index (χ0v) is 30.1. The maximum atomic E-state index is 13.8. The van der Waals surface area contributed by atoms with Crippen LogP contribution in [0.25, 0.3) is 0 Å². The molecule has 1 fully saturated rings. The van der Waals surface area contributed by atoms with E-state index in [2.05, 4.69) is 27.8 Å². The van der Waals surface area contributed by atoms with Crippen molar-refractivity contribution in [2.45, 2.75) is 109 Å². The third-order valence-electron chi connectivity index (χ3n) is 9.24. The molecule has 3 unspecified atom stereocenters. The first kappa shape index (κ1) is 39.0. The number of benzene rings is 1. The van der Waals surface area contributed by atoms with Gasteiger partial charge in [0.15, 0.2) is 6.10 Å². The highest BCUT2D eigenvalue weighted by molar-refractivity contribution is 7.89. The second-order valence-electron chi connectivity index (χ2n) is 14.2. The average Bonchev–Trinajstić information content (AvgIpc) is 3.57. The predicted molar refractivity (Wildman–Crippen MR) is 183 cm³/mol. The van der Waals surface area contributed by atoms with Crippen LogP contribution in [0.4, 0.5) is 4.79 Å². The van der Waals surface area contributed by atoms with Crippen molar-refractivity contribution in [3.8, 4) is 0 Å². The number of hydrogen-bond donors (Lipinski definition) is 5. The van der Waals surface area contributed by atoms with Gasteiger partial charge in [-0.2, -0.15) is 4.31 Å².